The van der Waals surface area contributed by atoms with Crippen LogP contribution in [0.3, 0.4) is 0 Å². The molecule has 3 aromatic rings. The monoisotopic (exact) mass is 325 g/mol. The molecule has 2 aliphatic carbocycles. The van der Waals surface area contributed by atoms with Gasteiger partial charge in [0.05, 0.1) is 0 Å². The van der Waals surface area contributed by atoms with Gasteiger partial charge in [0.25, 0.3) is 0 Å². The van der Waals surface area contributed by atoms with Crippen molar-refractivity contribution in [2.24, 2.45) is 5.92 Å². The fraction of sp³-hybridized carbons (Fsp3) is 0.562. The third-order valence-electron chi connectivity index (χ3n) is 5.64. The first kappa shape index (κ1) is 13.9. The molecule has 0 saturated heterocycles. The summed E-state index contributed by atoms with van der Waals surface area (Å²) < 4.78 is 7.80. The summed E-state index contributed by atoms with van der Waals surface area (Å²) in [4.78, 5) is 4.12. The van der Waals surface area contributed by atoms with Crippen molar-refractivity contribution in [1.82, 2.24) is 35.0 Å². The normalized spacial score (nSPS) is 25.6. The molecule has 0 radical (unpaired) electrons. The zero-order valence-electron chi connectivity index (χ0n) is 13.6. The number of hydrogen-bond acceptors (Lipinski definition) is 6. The Bertz CT molecular complexity index is 877. The van der Waals surface area contributed by atoms with Crippen molar-refractivity contribution in [1.29, 1.82) is 0 Å². The molecule has 124 valence electrons. The number of aryl methyl sites for hydroxylation is 1. The predicted octanol–water partition coefficient (Wildman–Crippen LogP) is 1.96. The summed E-state index contributed by atoms with van der Waals surface area (Å²) in [6, 6.07) is 2.12. The first-order valence-electron chi connectivity index (χ1n) is 8.44. The second-order valence-corrected chi connectivity index (χ2v) is 7.03. The molecule has 2 fully saturated rings. The fourth-order valence-corrected chi connectivity index (χ4v) is 4.42. The maximum atomic E-state index is 6.05. The Kier molecular flexibility index (Phi) is 2.89. The van der Waals surface area contributed by atoms with Gasteiger partial charge in [0, 0.05) is 11.0 Å². The van der Waals surface area contributed by atoms with Crippen LogP contribution in [-0.2, 0) is 12.0 Å². The number of hydrogen-bond donors (Lipinski definition) is 1. The van der Waals surface area contributed by atoms with E-state index in [2.05, 4.69) is 31.4 Å². The average Bonchev–Trinajstić information content (AvgIpc) is 3.38. The summed E-state index contributed by atoms with van der Waals surface area (Å²) in [5.74, 6) is 2.97. The number of nitrogens with one attached hydrogen (secondary N) is 1. The highest BCUT2D eigenvalue weighted by Crippen LogP contribution is 2.56. The molecule has 0 unspecified atom stereocenters. The molecule has 8 heteroatoms. The Morgan fingerprint density at radius 2 is 2.21 bits per heavy atom. The van der Waals surface area contributed by atoms with E-state index in [9.17, 15) is 0 Å². The van der Waals surface area contributed by atoms with Crippen molar-refractivity contribution < 1.29 is 4.74 Å². The van der Waals surface area contributed by atoms with Gasteiger partial charge in [-0.1, -0.05) is 0 Å². The number of aromatic nitrogens is 7. The van der Waals surface area contributed by atoms with E-state index in [4.69, 9.17) is 9.84 Å². The van der Waals surface area contributed by atoms with Crippen LogP contribution in [0.2, 0.25) is 0 Å². The van der Waals surface area contributed by atoms with Crippen molar-refractivity contribution in [2.75, 3.05) is 0 Å². The number of aromatic amines is 1. The highest BCUT2D eigenvalue weighted by Gasteiger charge is 2.48. The van der Waals surface area contributed by atoms with Crippen molar-refractivity contribution >= 4 is 5.65 Å². The molecule has 0 spiro atoms. The SMILES string of the molecule is Cc1nnc2cc(C34CCC(CC3)C4)c(OCc3ncn[nH]3)nn12. The molecule has 0 amide bonds. The van der Waals surface area contributed by atoms with E-state index in [0.717, 1.165) is 17.4 Å². The third kappa shape index (κ3) is 2.02. The molecule has 2 saturated carbocycles. The van der Waals surface area contributed by atoms with Crippen LogP contribution in [0, 0.1) is 12.8 Å². The van der Waals surface area contributed by atoms with Crippen LogP contribution < -0.4 is 4.74 Å². The quantitative estimate of drug-likeness (QED) is 0.788. The number of H-pyrrole nitrogens is 1. The van der Waals surface area contributed by atoms with E-state index in [0.29, 0.717) is 18.3 Å². The van der Waals surface area contributed by atoms with E-state index in [1.54, 1.807) is 4.52 Å². The summed E-state index contributed by atoms with van der Waals surface area (Å²) >= 11 is 0. The van der Waals surface area contributed by atoms with Crippen LogP contribution in [0.1, 0.15) is 49.3 Å². The molecule has 5 rings (SSSR count). The van der Waals surface area contributed by atoms with Gasteiger partial charge in [-0.2, -0.15) is 9.61 Å². The maximum absolute atomic E-state index is 6.05. The first-order chi connectivity index (χ1) is 11.7. The maximum Gasteiger partial charge on any atom is 0.236 e. The molecule has 2 bridgehead atoms. The molecule has 8 nitrogen and oxygen atoms in total. The lowest BCUT2D eigenvalue weighted by atomic mass is 9.78. The molecule has 2 aliphatic rings. The van der Waals surface area contributed by atoms with Crippen LogP contribution in [0.5, 0.6) is 5.88 Å². The molecular weight excluding hydrogens is 306 g/mol. The summed E-state index contributed by atoms with van der Waals surface area (Å²) in [5, 5.41) is 19.8. The number of nitrogens with zero attached hydrogens (tertiary/aromatic N) is 6. The standard InChI is InChI=1S/C16H19N7O/c1-10-19-21-14-6-12(16-4-2-11(7-16)3-5-16)15(22-23(10)14)24-8-13-17-9-18-20-13/h6,9,11H,2-5,7-8H2,1H3,(H,17,18,20). The largest absolute Gasteiger partial charge is 0.468 e. The van der Waals surface area contributed by atoms with E-state index in [-0.39, 0.29) is 5.41 Å². The molecule has 3 heterocycles. The minimum absolute atomic E-state index is 0.190. The lowest BCUT2D eigenvalue weighted by Crippen LogP contribution is -2.22. The topological polar surface area (TPSA) is 93.9 Å². The van der Waals surface area contributed by atoms with Gasteiger partial charge >= 0.3 is 0 Å². The van der Waals surface area contributed by atoms with Gasteiger partial charge in [0.2, 0.25) is 5.88 Å². The second-order valence-electron chi connectivity index (χ2n) is 7.03. The second kappa shape index (κ2) is 4.99. The Hall–Kier alpha value is -2.51. The zero-order valence-corrected chi connectivity index (χ0v) is 13.6. The van der Waals surface area contributed by atoms with E-state index >= 15 is 0 Å². The van der Waals surface area contributed by atoms with Gasteiger partial charge < -0.3 is 4.74 Å². The molecule has 24 heavy (non-hydrogen) atoms. The van der Waals surface area contributed by atoms with E-state index in [1.165, 1.54) is 44.0 Å². The van der Waals surface area contributed by atoms with Crippen LogP contribution in [0.4, 0.5) is 0 Å². The molecule has 0 aliphatic heterocycles. The molecular formula is C16H19N7O. The molecule has 0 atom stereocenters. The minimum Gasteiger partial charge on any atom is -0.468 e. The molecule has 1 N–H and O–H groups in total. The molecule has 0 aromatic carbocycles. The summed E-state index contributed by atoms with van der Waals surface area (Å²) in [7, 11) is 0. The average molecular weight is 325 g/mol. The Labute approximate surface area is 138 Å². The van der Waals surface area contributed by atoms with Crippen molar-refractivity contribution in [2.45, 2.75) is 51.0 Å². The highest BCUT2D eigenvalue weighted by molar-refractivity contribution is 5.48. The Balaban J connectivity index is 1.59. The van der Waals surface area contributed by atoms with Gasteiger partial charge in [0.15, 0.2) is 17.3 Å². The lowest BCUT2D eigenvalue weighted by Gasteiger charge is -2.28. The third-order valence-corrected chi connectivity index (χ3v) is 5.64. The number of rotatable bonds is 4. The van der Waals surface area contributed by atoms with Crippen LogP contribution in [0.15, 0.2) is 12.4 Å². The van der Waals surface area contributed by atoms with Gasteiger partial charge in [-0.05, 0) is 51.0 Å². The number of fused-ring (bicyclic) bond motifs is 3. The van der Waals surface area contributed by atoms with Crippen LogP contribution in [0.25, 0.3) is 5.65 Å². The summed E-state index contributed by atoms with van der Waals surface area (Å²) in [6.45, 7) is 2.22. The smallest absolute Gasteiger partial charge is 0.236 e. The van der Waals surface area contributed by atoms with Crippen LogP contribution >= 0.6 is 0 Å². The molecule has 3 aromatic heterocycles. The fourth-order valence-electron chi connectivity index (χ4n) is 4.42. The van der Waals surface area contributed by atoms with E-state index < -0.39 is 0 Å². The Morgan fingerprint density at radius 1 is 1.33 bits per heavy atom. The van der Waals surface area contributed by atoms with Gasteiger partial charge in [-0.25, -0.2) is 4.98 Å². The van der Waals surface area contributed by atoms with Gasteiger partial charge in [-0.15, -0.1) is 15.3 Å². The summed E-state index contributed by atoms with van der Waals surface area (Å²) in [6.07, 6.45) is 7.74. The predicted molar refractivity (Wildman–Crippen MR) is 84.5 cm³/mol. The van der Waals surface area contributed by atoms with Crippen molar-refractivity contribution in [3.63, 3.8) is 0 Å². The first-order valence-corrected chi connectivity index (χ1v) is 8.44. The van der Waals surface area contributed by atoms with Crippen molar-refractivity contribution in [3.05, 3.63) is 29.6 Å². The summed E-state index contributed by atoms with van der Waals surface area (Å²) in [5.41, 5.74) is 2.16. The van der Waals surface area contributed by atoms with Gasteiger partial charge in [-0.3, -0.25) is 5.10 Å². The zero-order chi connectivity index (χ0) is 16.1. The van der Waals surface area contributed by atoms with Crippen LogP contribution in [-0.4, -0.2) is 35.0 Å². The minimum atomic E-state index is 0.190. The Morgan fingerprint density at radius 3 is 2.92 bits per heavy atom. The number of ether oxygens (including phenoxy) is 1. The lowest BCUT2D eigenvalue weighted by molar-refractivity contribution is 0.266. The van der Waals surface area contributed by atoms with E-state index in [1.807, 2.05) is 6.92 Å². The van der Waals surface area contributed by atoms with Gasteiger partial charge in [0.1, 0.15) is 12.9 Å². The highest BCUT2D eigenvalue weighted by atomic mass is 16.5. The van der Waals surface area contributed by atoms with Crippen molar-refractivity contribution in [3.8, 4) is 5.88 Å².